The first-order valence-corrected chi connectivity index (χ1v) is 8.43. The quantitative estimate of drug-likeness (QED) is 0.564. The second-order valence-electron chi connectivity index (χ2n) is 4.62. The third-order valence-corrected chi connectivity index (χ3v) is 4.18. The van der Waals surface area contributed by atoms with Crippen molar-refractivity contribution < 1.29 is 27.8 Å². The molecule has 0 aromatic heterocycles. The summed E-state index contributed by atoms with van der Waals surface area (Å²) in [4.78, 5) is 11.2. The molecule has 0 saturated carbocycles. The monoisotopic (exact) mass is 331 g/mol. The minimum Gasteiger partial charge on any atom is -0.480 e. The van der Waals surface area contributed by atoms with Crippen molar-refractivity contribution in [3.8, 4) is 0 Å². The molecule has 1 aromatic carbocycles. The van der Waals surface area contributed by atoms with E-state index in [2.05, 4.69) is 4.72 Å². The van der Waals surface area contributed by atoms with Crippen LogP contribution in [0.5, 0.6) is 0 Å². The predicted molar refractivity (Wildman–Crippen MR) is 81.2 cm³/mol. The van der Waals surface area contributed by atoms with Gasteiger partial charge in [0.25, 0.3) is 0 Å². The van der Waals surface area contributed by atoms with Crippen LogP contribution in [0.2, 0.25) is 0 Å². The predicted octanol–water partition coefficient (Wildman–Crippen LogP) is 0.265. The Labute approximate surface area is 130 Å². The van der Waals surface area contributed by atoms with E-state index >= 15 is 0 Å². The fraction of sp³-hybridized carbons (Fsp3) is 0.500. The normalized spacial score (nSPS) is 13.0. The molecule has 0 aliphatic heterocycles. The topological polar surface area (TPSA) is 102 Å². The summed E-state index contributed by atoms with van der Waals surface area (Å²) in [5.74, 6) is -1.51. The van der Waals surface area contributed by atoms with Crippen molar-refractivity contribution in [2.75, 3.05) is 32.7 Å². The van der Waals surface area contributed by atoms with E-state index in [1.165, 1.54) is 7.11 Å². The highest BCUT2D eigenvalue weighted by atomic mass is 32.2. The molecule has 1 atom stereocenters. The average Bonchev–Trinajstić information content (AvgIpc) is 2.47. The molecule has 0 radical (unpaired) electrons. The van der Waals surface area contributed by atoms with E-state index in [1.54, 1.807) is 30.3 Å². The molecular weight excluding hydrogens is 310 g/mol. The average molecular weight is 331 g/mol. The van der Waals surface area contributed by atoms with Crippen molar-refractivity contribution >= 4 is 16.0 Å². The number of nitrogens with one attached hydrogen (secondary N) is 1. The summed E-state index contributed by atoms with van der Waals surface area (Å²) in [6, 6.07) is 7.64. The maximum atomic E-state index is 11.9. The lowest BCUT2D eigenvalue weighted by Gasteiger charge is -2.15. The molecule has 1 rings (SSSR count). The number of carboxylic acid groups (broad SMARTS) is 1. The van der Waals surface area contributed by atoms with Crippen molar-refractivity contribution in [2.45, 2.75) is 12.5 Å². The lowest BCUT2D eigenvalue weighted by Crippen LogP contribution is -2.43. The Bertz CT molecular complexity index is 546. The molecule has 1 aromatic rings. The number of rotatable bonds is 11. The molecule has 0 aliphatic rings. The van der Waals surface area contributed by atoms with Crippen LogP contribution in [-0.2, 0) is 30.7 Å². The Morgan fingerprint density at radius 2 is 1.91 bits per heavy atom. The van der Waals surface area contributed by atoms with E-state index < -0.39 is 22.0 Å². The number of carbonyl (C=O) groups is 1. The van der Waals surface area contributed by atoms with Gasteiger partial charge in [0, 0.05) is 7.11 Å². The van der Waals surface area contributed by atoms with E-state index in [9.17, 15) is 13.2 Å². The number of sulfonamides is 1. The second kappa shape index (κ2) is 9.52. The number of benzene rings is 1. The van der Waals surface area contributed by atoms with Gasteiger partial charge in [-0.1, -0.05) is 30.3 Å². The summed E-state index contributed by atoms with van der Waals surface area (Å²) in [6.07, 6.45) is 0.0833. The van der Waals surface area contributed by atoms with Gasteiger partial charge in [-0.3, -0.25) is 4.79 Å². The first-order chi connectivity index (χ1) is 10.4. The zero-order valence-electron chi connectivity index (χ0n) is 12.4. The van der Waals surface area contributed by atoms with Gasteiger partial charge in [0.2, 0.25) is 10.0 Å². The van der Waals surface area contributed by atoms with Gasteiger partial charge in [-0.15, -0.1) is 0 Å². The van der Waals surface area contributed by atoms with Crippen molar-refractivity contribution in [2.24, 2.45) is 0 Å². The van der Waals surface area contributed by atoms with Crippen LogP contribution in [0.4, 0.5) is 0 Å². The number of carboxylic acids is 1. The molecule has 0 aliphatic carbocycles. The molecule has 0 unspecified atom stereocenters. The van der Waals surface area contributed by atoms with Gasteiger partial charge in [0.15, 0.2) is 0 Å². The summed E-state index contributed by atoms with van der Waals surface area (Å²) in [7, 11) is -2.21. The third-order valence-electron chi connectivity index (χ3n) is 2.83. The summed E-state index contributed by atoms with van der Waals surface area (Å²) in [6.45, 7) is 0.647. The zero-order valence-corrected chi connectivity index (χ0v) is 13.2. The van der Waals surface area contributed by atoms with Gasteiger partial charge in [-0.05, 0) is 12.0 Å². The molecule has 22 heavy (non-hydrogen) atoms. The minimum atomic E-state index is -3.73. The van der Waals surface area contributed by atoms with Crippen molar-refractivity contribution in [3.63, 3.8) is 0 Å². The van der Waals surface area contributed by atoms with E-state index in [1.807, 2.05) is 0 Å². The maximum absolute atomic E-state index is 11.9. The second-order valence-corrected chi connectivity index (χ2v) is 6.50. The molecule has 124 valence electrons. The first kappa shape index (κ1) is 18.6. The first-order valence-electron chi connectivity index (χ1n) is 6.78. The summed E-state index contributed by atoms with van der Waals surface area (Å²) < 4.78 is 35.8. The Morgan fingerprint density at radius 1 is 1.23 bits per heavy atom. The van der Waals surface area contributed by atoms with Gasteiger partial charge in [-0.2, -0.15) is 0 Å². The highest BCUT2D eigenvalue weighted by Crippen LogP contribution is 2.05. The van der Waals surface area contributed by atoms with Gasteiger partial charge in [0.1, 0.15) is 6.04 Å². The van der Waals surface area contributed by atoms with Gasteiger partial charge >= 0.3 is 5.97 Å². The summed E-state index contributed by atoms with van der Waals surface area (Å²) >= 11 is 0. The SMILES string of the molecule is COCCOCCS(=O)(=O)N[C@H](Cc1ccccc1)C(=O)O. The standard InChI is InChI=1S/C14H21NO6S/c1-20-7-8-21-9-10-22(18,19)15-13(14(16)17)11-12-5-3-2-4-6-12/h2-6,13,15H,7-11H2,1H3,(H,16,17)/t13-/m1/s1. The lowest BCUT2D eigenvalue weighted by molar-refractivity contribution is -0.138. The van der Waals surface area contributed by atoms with E-state index in [0.717, 1.165) is 5.56 Å². The van der Waals surface area contributed by atoms with Crippen molar-refractivity contribution in [1.82, 2.24) is 4.72 Å². The molecule has 0 spiro atoms. The van der Waals surface area contributed by atoms with Crippen LogP contribution in [0.1, 0.15) is 5.56 Å². The van der Waals surface area contributed by atoms with Crippen LogP contribution in [-0.4, -0.2) is 58.2 Å². The van der Waals surface area contributed by atoms with Crippen LogP contribution >= 0.6 is 0 Å². The number of hydrogen-bond acceptors (Lipinski definition) is 5. The smallest absolute Gasteiger partial charge is 0.322 e. The van der Waals surface area contributed by atoms with Crippen LogP contribution in [0.3, 0.4) is 0 Å². The van der Waals surface area contributed by atoms with Crippen LogP contribution in [0, 0.1) is 0 Å². The highest BCUT2D eigenvalue weighted by molar-refractivity contribution is 7.89. The molecule has 0 fully saturated rings. The number of aliphatic carboxylic acids is 1. The fourth-order valence-electron chi connectivity index (χ4n) is 1.72. The Morgan fingerprint density at radius 3 is 2.50 bits per heavy atom. The summed E-state index contributed by atoms with van der Waals surface area (Å²) in [5.41, 5.74) is 0.744. The van der Waals surface area contributed by atoms with Crippen molar-refractivity contribution in [1.29, 1.82) is 0 Å². The van der Waals surface area contributed by atoms with Crippen LogP contribution < -0.4 is 4.72 Å². The molecule has 8 heteroatoms. The van der Waals surface area contributed by atoms with Gasteiger partial charge in [0.05, 0.1) is 25.6 Å². The molecule has 2 N–H and O–H groups in total. The third kappa shape index (κ3) is 7.51. The molecule has 0 saturated heterocycles. The zero-order chi connectivity index (χ0) is 16.4. The fourth-order valence-corrected chi connectivity index (χ4v) is 2.79. The largest absolute Gasteiger partial charge is 0.480 e. The Hall–Kier alpha value is -1.48. The van der Waals surface area contributed by atoms with E-state index in [0.29, 0.717) is 13.2 Å². The number of methoxy groups -OCH3 is 1. The molecule has 0 amide bonds. The van der Waals surface area contributed by atoms with Gasteiger partial charge < -0.3 is 14.6 Å². The van der Waals surface area contributed by atoms with Crippen LogP contribution in [0.15, 0.2) is 30.3 Å². The summed E-state index contributed by atoms with van der Waals surface area (Å²) in [5, 5.41) is 9.16. The number of hydrogen-bond donors (Lipinski definition) is 2. The molecule has 0 bridgehead atoms. The van der Waals surface area contributed by atoms with Crippen LogP contribution in [0.25, 0.3) is 0 Å². The maximum Gasteiger partial charge on any atom is 0.322 e. The van der Waals surface area contributed by atoms with E-state index in [4.69, 9.17) is 14.6 Å². The van der Waals surface area contributed by atoms with Gasteiger partial charge in [-0.25, -0.2) is 13.1 Å². The minimum absolute atomic E-state index is 0.0175. The lowest BCUT2D eigenvalue weighted by atomic mass is 10.1. The van der Waals surface area contributed by atoms with E-state index in [-0.39, 0.29) is 18.8 Å². The molecular formula is C14H21NO6S. The molecule has 0 heterocycles. The Kier molecular flexibility index (Phi) is 8.03. The highest BCUT2D eigenvalue weighted by Gasteiger charge is 2.24. The molecule has 7 nitrogen and oxygen atoms in total. The number of ether oxygens (including phenoxy) is 2. The van der Waals surface area contributed by atoms with Crippen molar-refractivity contribution in [3.05, 3.63) is 35.9 Å². The Balaban J connectivity index is 2.52.